The third-order valence-electron chi connectivity index (χ3n) is 6.85. The number of likely N-dealkylation sites (N-methyl/N-ethyl adjacent to an activating group) is 1. The zero-order chi connectivity index (χ0) is 23.5. The minimum absolute atomic E-state index is 0.180. The summed E-state index contributed by atoms with van der Waals surface area (Å²) in [5.41, 5.74) is 4.87. The fourth-order valence-electron chi connectivity index (χ4n) is 4.76. The third-order valence-corrected chi connectivity index (χ3v) is 7.13. The van der Waals surface area contributed by atoms with Gasteiger partial charge >= 0.3 is 0 Å². The zero-order valence-electron chi connectivity index (χ0n) is 20.8. The van der Waals surface area contributed by atoms with Crippen molar-refractivity contribution in [3.05, 3.63) is 47.3 Å². The number of allylic oxidation sites excluding steroid dienone is 4. The van der Waals surface area contributed by atoms with Gasteiger partial charge in [0.25, 0.3) is 0 Å². The molecule has 0 amide bonds. The van der Waals surface area contributed by atoms with Crippen molar-refractivity contribution in [2.45, 2.75) is 77.3 Å². The molecular weight excluding hydrogens is 432 g/mol. The summed E-state index contributed by atoms with van der Waals surface area (Å²) in [5.74, 6) is 0.620. The van der Waals surface area contributed by atoms with E-state index in [9.17, 15) is 0 Å². The lowest BCUT2D eigenvalue weighted by molar-refractivity contribution is 0.142. The summed E-state index contributed by atoms with van der Waals surface area (Å²) in [6.07, 6.45) is 18.8. The van der Waals surface area contributed by atoms with Crippen molar-refractivity contribution in [3.8, 4) is 0 Å². The van der Waals surface area contributed by atoms with Crippen LogP contribution in [0.15, 0.2) is 52.3 Å². The molecule has 1 saturated heterocycles. The predicted molar refractivity (Wildman–Crippen MR) is 141 cm³/mol. The van der Waals surface area contributed by atoms with Crippen LogP contribution in [0.3, 0.4) is 0 Å². The first-order chi connectivity index (χ1) is 16.1. The fourth-order valence-corrected chi connectivity index (χ4v) is 4.97. The maximum Gasteiger partial charge on any atom is 0.127 e. The van der Waals surface area contributed by atoms with Gasteiger partial charge in [0, 0.05) is 38.4 Å². The lowest BCUT2D eigenvalue weighted by Gasteiger charge is -2.29. The summed E-state index contributed by atoms with van der Waals surface area (Å²) >= 11 is 6.45. The Balaban J connectivity index is 1.62. The summed E-state index contributed by atoms with van der Waals surface area (Å²) in [7, 11) is 0. The minimum atomic E-state index is -0.180. The average Bonchev–Trinajstić information content (AvgIpc) is 3.08. The van der Waals surface area contributed by atoms with Crippen molar-refractivity contribution < 1.29 is 4.74 Å². The van der Waals surface area contributed by atoms with Crippen LogP contribution in [0.25, 0.3) is 0 Å². The largest absolute Gasteiger partial charge is 0.385 e. The van der Waals surface area contributed by atoms with E-state index < -0.39 is 0 Å². The van der Waals surface area contributed by atoms with Gasteiger partial charge in [0.05, 0.1) is 18.1 Å². The Labute approximate surface area is 206 Å². The molecule has 5 nitrogen and oxygen atoms in total. The second kappa shape index (κ2) is 14.0. The van der Waals surface area contributed by atoms with E-state index in [0.29, 0.717) is 12.0 Å². The molecule has 3 heterocycles. The maximum absolute atomic E-state index is 6.45. The second-order valence-corrected chi connectivity index (χ2v) is 9.74. The van der Waals surface area contributed by atoms with Crippen molar-refractivity contribution in [1.82, 2.24) is 15.5 Å². The highest BCUT2D eigenvalue weighted by molar-refractivity contribution is 6.21. The molecule has 3 atom stereocenters. The second-order valence-electron chi connectivity index (χ2n) is 9.24. The molecule has 3 unspecified atom stereocenters. The SMILES string of the molecule is CC/C=C(\C=C/C(C)N(CC)CNC1=C/NC/C2=C/CC(Cl)\N=C\1CC2)C1CCCOCC1. The predicted octanol–water partition coefficient (Wildman–Crippen LogP) is 5.51. The number of ether oxygens (including phenoxy) is 1. The first kappa shape index (κ1) is 26.1. The average molecular weight is 475 g/mol. The quantitative estimate of drug-likeness (QED) is 0.152. The van der Waals surface area contributed by atoms with E-state index in [4.69, 9.17) is 21.3 Å². The highest BCUT2D eigenvalue weighted by Crippen LogP contribution is 2.26. The number of hydrogen-bond acceptors (Lipinski definition) is 5. The normalized spacial score (nSPS) is 30.5. The smallest absolute Gasteiger partial charge is 0.127 e. The monoisotopic (exact) mass is 474 g/mol. The van der Waals surface area contributed by atoms with Crippen molar-refractivity contribution >= 4 is 17.3 Å². The van der Waals surface area contributed by atoms with Crippen LogP contribution in [-0.2, 0) is 4.74 Å². The van der Waals surface area contributed by atoms with Crippen LogP contribution in [0.4, 0.5) is 0 Å². The molecule has 1 fully saturated rings. The van der Waals surface area contributed by atoms with E-state index in [1.807, 2.05) is 0 Å². The van der Waals surface area contributed by atoms with Gasteiger partial charge in [-0.25, -0.2) is 0 Å². The molecule has 3 rings (SSSR count). The van der Waals surface area contributed by atoms with Gasteiger partial charge in [-0.15, -0.1) is 0 Å². The number of rotatable bonds is 9. The summed E-state index contributed by atoms with van der Waals surface area (Å²) in [5, 5.41) is 7.10. The molecule has 0 radical (unpaired) electrons. The number of nitrogens with zero attached hydrogens (tertiary/aromatic N) is 2. The molecule has 184 valence electrons. The van der Waals surface area contributed by atoms with Crippen molar-refractivity contribution in [2.75, 3.05) is 33.0 Å². The number of nitrogens with one attached hydrogen (secondary N) is 2. The highest BCUT2D eigenvalue weighted by atomic mass is 35.5. The standard InChI is InChI=1S/C27H43ClN4O/c1-4-7-23(24-8-6-16-33-17-15-24)12-9-21(3)32(5-2)20-30-26-19-29-18-22-10-13-25(26)31-27(28)14-11-22/h7,9,11-12,19,21,24,27,29-30H,4-6,8,10,13-18,20H2,1-3H3/b12-9-,22-11+,23-7+,26-19+,31-25+. The molecule has 6 heteroatoms. The molecule has 0 aliphatic carbocycles. The number of fused-ring (bicyclic) bond motifs is 3. The van der Waals surface area contributed by atoms with Crippen LogP contribution in [0.1, 0.15) is 65.7 Å². The Kier molecular flexibility index (Phi) is 11.0. The molecule has 0 saturated carbocycles. The van der Waals surface area contributed by atoms with E-state index in [-0.39, 0.29) is 5.50 Å². The molecule has 3 aliphatic rings. The zero-order valence-corrected chi connectivity index (χ0v) is 21.5. The van der Waals surface area contributed by atoms with E-state index in [1.165, 1.54) is 17.6 Å². The van der Waals surface area contributed by atoms with Crippen LogP contribution in [0.5, 0.6) is 0 Å². The highest BCUT2D eigenvalue weighted by Gasteiger charge is 2.19. The lowest BCUT2D eigenvalue weighted by Crippen LogP contribution is -2.41. The van der Waals surface area contributed by atoms with Crippen LogP contribution < -0.4 is 10.6 Å². The fraction of sp³-hybridized carbons (Fsp3) is 0.667. The van der Waals surface area contributed by atoms with E-state index >= 15 is 0 Å². The van der Waals surface area contributed by atoms with Gasteiger partial charge in [0.2, 0.25) is 0 Å². The summed E-state index contributed by atoms with van der Waals surface area (Å²) < 4.78 is 5.68. The van der Waals surface area contributed by atoms with Crippen LogP contribution in [0.2, 0.25) is 0 Å². The first-order valence-corrected chi connectivity index (χ1v) is 13.3. The van der Waals surface area contributed by atoms with Crippen LogP contribution in [-0.4, -0.2) is 55.1 Å². The molecule has 0 aromatic carbocycles. The molecule has 3 aliphatic heterocycles. The number of aliphatic imine (C=N–C) groups is 1. The van der Waals surface area contributed by atoms with Gasteiger partial charge in [-0.1, -0.05) is 55.3 Å². The van der Waals surface area contributed by atoms with E-state index in [1.54, 1.807) is 0 Å². The number of alkyl halides is 1. The Hall–Kier alpha value is -1.56. The summed E-state index contributed by atoms with van der Waals surface area (Å²) in [6.45, 7) is 11.2. The van der Waals surface area contributed by atoms with Crippen molar-refractivity contribution in [1.29, 1.82) is 0 Å². The molecular formula is C27H43ClN4O. The third kappa shape index (κ3) is 8.31. The minimum Gasteiger partial charge on any atom is -0.385 e. The van der Waals surface area contributed by atoms with E-state index in [0.717, 1.165) is 82.9 Å². The Morgan fingerprint density at radius 2 is 2.21 bits per heavy atom. The molecule has 0 aromatic rings. The lowest BCUT2D eigenvalue weighted by atomic mass is 9.90. The van der Waals surface area contributed by atoms with Gasteiger partial charge in [-0.2, -0.15) is 0 Å². The molecule has 33 heavy (non-hydrogen) atoms. The van der Waals surface area contributed by atoms with Gasteiger partial charge in [0.1, 0.15) is 5.50 Å². The summed E-state index contributed by atoms with van der Waals surface area (Å²) in [6, 6.07) is 0.335. The Morgan fingerprint density at radius 3 is 3.03 bits per heavy atom. The van der Waals surface area contributed by atoms with Gasteiger partial charge in [0.15, 0.2) is 0 Å². The molecule has 0 spiro atoms. The number of halogens is 1. The first-order valence-electron chi connectivity index (χ1n) is 12.9. The van der Waals surface area contributed by atoms with Gasteiger partial charge in [-0.05, 0) is 63.5 Å². The molecule has 2 bridgehead atoms. The number of hydrogen-bond donors (Lipinski definition) is 2. The Morgan fingerprint density at radius 1 is 1.33 bits per heavy atom. The van der Waals surface area contributed by atoms with Crippen LogP contribution >= 0.6 is 11.6 Å². The van der Waals surface area contributed by atoms with Crippen molar-refractivity contribution in [2.24, 2.45) is 10.9 Å². The van der Waals surface area contributed by atoms with Gasteiger partial charge in [-0.3, -0.25) is 9.89 Å². The molecule has 0 aromatic heterocycles. The van der Waals surface area contributed by atoms with Gasteiger partial charge < -0.3 is 15.4 Å². The Bertz CT molecular complexity index is 762. The van der Waals surface area contributed by atoms with E-state index in [2.05, 4.69) is 66.8 Å². The molecule has 2 N–H and O–H groups in total. The van der Waals surface area contributed by atoms with Crippen molar-refractivity contribution in [3.63, 3.8) is 0 Å². The summed E-state index contributed by atoms with van der Waals surface area (Å²) in [4.78, 5) is 7.23. The topological polar surface area (TPSA) is 48.9 Å². The van der Waals surface area contributed by atoms with Crippen LogP contribution in [0, 0.1) is 5.92 Å². The maximum atomic E-state index is 6.45.